The molecule has 0 amide bonds. The maximum absolute atomic E-state index is 10.1. The Kier molecular flexibility index (Phi) is 4.85. The molecule has 1 heterocycles. The predicted molar refractivity (Wildman–Crippen MR) is 82.5 cm³/mol. The normalized spacial score (nSPS) is 10.9. The molecule has 2 aromatic rings. The summed E-state index contributed by atoms with van der Waals surface area (Å²) in [5, 5.41) is 17.9. The van der Waals surface area contributed by atoms with Gasteiger partial charge in [0.1, 0.15) is 0 Å². The number of phenolic OH excluding ortho intramolecular Hbond substituents is 1. The summed E-state index contributed by atoms with van der Waals surface area (Å²) < 4.78 is 7.28. The summed E-state index contributed by atoms with van der Waals surface area (Å²) >= 11 is 0. The summed E-state index contributed by atoms with van der Waals surface area (Å²) in [5.41, 5.74) is 4.24. The Balaban J connectivity index is 2.02. The SMILES string of the molecule is CCOc1cccc(CNCc2c(C)nn(C)c2C)c1O. The number of rotatable bonds is 6. The first-order valence-corrected chi connectivity index (χ1v) is 7.18. The second-order valence-electron chi connectivity index (χ2n) is 5.07. The van der Waals surface area contributed by atoms with Gasteiger partial charge in [0.25, 0.3) is 0 Å². The van der Waals surface area contributed by atoms with E-state index in [0.717, 1.165) is 23.5 Å². The number of aromatic hydroxyl groups is 1. The molecule has 5 nitrogen and oxygen atoms in total. The minimum atomic E-state index is 0.214. The van der Waals surface area contributed by atoms with Crippen molar-refractivity contribution < 1.29 is 9.84 Å². The third-order valence-electron chi connectivity index (χ3n) is 3.66. The summed E-state index contributed by atoms with van der Waals surface area (Å²) in [6.45, 7) is 7.82. The molecule has 0 aliphatic heterocycles. The molecular weight excluding hydrogens is 266 g/mol. The van der Waals surface area contributed by atoms with Gasteiger partial charge < -0.3 is 15.2 Å². The lowest BCUT2D eigenvalue weighted by molar-refractivity contribution is 0.316. The van der Waals surface area contributed by atoms with E-state index in [4.69, 9.17) is 4.74 Å². The largest absolute Gasteiger partial charge is 0.504 e. The number of aryl methyl sites for hydroxylation is 2. The molecule has 114 valence electrons. The zero-order valence-electron chi connectivity index (χ0n) is 13.1. The van der Waals surface area contributed by atoms with Gasteiger partial charge in [-0.3, -0.25) is 4.68 Å². The number of para-hydroxylation sites is 1. The number of hydrogen-bond acceptors (Lipinski definition) is 4. The minimum absolute atomic E-state index is 0.214. The Morgan fingerprint density at radius 3 is 2.67 bits per heavy atom. The van der Waals surface area contributed by atoms with Crippen molar-refractivity contribution in [3.63, 3.8) is 0 Å². The van der Waals surface area contributed by atoms with Gasteiger partial charge in [0, 0.05) is 37.0 Å². The van der Waals surface area contributed by atoms with Crippen molar-refractivity contribution in [2.75, 3.05) is 6.61 Å². The van der Waals surface area contributed by atoms with Gasteiger partial charge >= 0.3 is 0 Å². The van der Waals surface area contributed by atoms with Crippen LogP contribution in [0.4, 0.5) is 0 Å². The van der Waals surface area contributed by atoms with E-state index in [1.54, 1.807) is 6.07 Å². The van der Waals surface area contributed by atoms with E-state index in [1.165, 1.54) is 5.56 Å². The second-order valence-corrected chi connectivity index (χ2v) is 5.07. The maximum Gasteiger partial charge on any atom is 0.162 e. The number of nitrogens with zero attached hydrogens (tertiary/aromatic N) is 2. The third kappa shape index (κ3) is 3.36. The van der Waals surface area contributed by atoms with Crippen molar-refractivity contribution in [2.45, 2.75) is 33.9 Å². The topological polar surface area (TPSA) is 59.3 Å². The number of ether oxygens (including phenoxy) is 1. The van der Waals surface area contributed by atoms with Crippen LogP contribution in [-0.4, -0.2) is 21.5 Å². The highest BCUT2D eigenvalue weighted by Crippen LogP contribution is 2.29. The number of benzene rings is 1. The molecule has 0 spiro atoms. The average Bonchev–Trinajstić information content (AvgIpc) is 2.69. The first-order chi connectivity index (χ1) is 10.0. The van der Waals surface area contributed by atoms with Crippen LogP contribution in [0.15, 0.2) is 18.2 Å². The molecule has 2 rings (SSSR count). The molecule has 0 unspecified atom stereocenters. The molecule has 21 heavy (non-hydrogen) atoms. The van der Waals surface area contributed by atoms with E-state index in [-0.39, 0.29) is 5.75 Å². The van der Waals surface area contributed by atoms with E-state index in [2.05, 4.69) is 17.3 Å². The smallest absolute Gasteiger partial charge is 0.162 e. The van der Waals surface area contributed by atoms with Gasteiger partial charge in [0.05, 0.1) is 12.3 Å². The van der Waals surface area contributed by atoms with E-state index in [0.29, 0.717) is 18.9 Å². The van der Waals surface area contributed by atoms with E-state index < -0.39 is 0 Å². The molecule has 0 atom stereocenters. The molecule has 0 radical (unpaired) electrons. The van der Waals surface area contributed by atoms with Crippen LogP contribution in [0.3, 0.4) is 0 Å². The Morgan fingerprint density at radius 2 is 2.05 bits per heavy atom. The van der Waals surface area contributed by atoms with Gasteiger partial charge in [-0.05, 0) is 26.8 Å². The fourth-order valence-electron chi connectivity index (χ4n) is 2.38. The Morgan fingerprint density at radius 1 is 1.29 bits per heavy atom. The lowest BCUT2D eigenvalue weighted by atomic mass is 10.1. The van der Waals surface area contributed by atoms with Crippen molar-refractivity contribution in [2.24, 2.45) is 7.05 Å². The molecule has 1 aromatic carbocycles. The summed E-state index contributed by atoms with van der Waals surface area (Å²) in [6.07, 6.45) is 0. The number of aromatic nitrogens is 2. The first kappa shape index (κ1) is 15.4. The van der Waals surface area contributed by atoms with Gasteiger partial charge in [-0.2, -0.15) is 5.10 Å². The van der Waals surface area contributed by atoms with Crippen LogP contribution in [0.5, 0.6) is 11.5 Å². The van der Waals surface area contributed by atoms with E-state index >= 15 is 0 Å². The van der Waals surface area contributed by atoms with Crippen LogP contribution in [0, 0.1) is 13.8 Å². The third-order valence-corrected chi connectivity index (χ3v) is 3.66. The number of hydrogen-bond donors (Lipinski definition) is 2. The number of nitrogens with one attached hydrogen (secondary N) is 1. The minimum Gasteiger partial charge on any atom is -0.504 e. The van der Waals surface area contributed by atoms with Crippen molar-refractivity contribution in [3.8, 4) is 11.5 Å². The highest BCUT2D eigenvalue weighted by atomic mass is 16.5. The predicted octanol–water partition coefficient (Wildman–Crippen LogP) is 2.43. The van der Waals surface area contributed by atoms with Crippen molar-refractivity contribution in [1.29, 1.82) is 0 Å². The van der Waals surface area contributed by atoms with Gasteiger partial charge in [-0.1, -0.05) is 12.1 Å². The zero-order chi connectivity index (χ0) is 15.4. The fourth-order valence-corrected chi connectivity index (χ4v) is 2.38. The van der Waals surface area contributed by atoms with Crippen LogP contribution in [0.25, 0.3) is 0 Å². The van der Waals surface area contributed by atoms with Crippen molar-refractivity contribution in [1.82, 2.24) is 15.1 Å². The maximum atomic E-state index is 10.1. The first-order valence-electron chi connectivity index (χ1n) is 7.18. The van der Waals surface area contributed by atoms with Crippen molar-refractivity contribution in [3.05, 3.63) is 40.7 Å². The van der Waals surface area contributed by atoms with Gasteiger partial charge in [0.2, 0.25) is 0 Å². The monoisotopic (exact) mass is 289 g/mol. The lowest BCUT2D eigenvalue weighted by Gasteiger charge is -2.11. The van der Waals surface area contributed by atoms with Crippen LogP contribution >= 0.6 is 0 Å². The molecule has 0 saturated heterocycles. The van der Waals surface area contributed by atoms with Gasteiger partial charge in [0.15, 0.2) is 11.5 Å². The standard InChI is InChI=1S/C16H23N3O2/c1-5-21-15-8-6-7-13(16(15)20)9-17-10-14-11(2)18-19(4)12(14)3/h6-8,17,20H,5,9-10H2,1-4H3. The summed E-state index contributed by atoms with van der Waals surface area (Å²) in [7, 11) is 1.95. The molecule has 0 fully saturated rings. The summed E-state index contributed by atoms with van der Waals surface area (Å²) in [6, 6.07) is 5.56. The molecule has 0 aliphatic carbocycles. The van der Waals surface area contributed by atoms with Crippen molar-refractivity contribution >= 4 is 0 Å². The summed E-state index contributed by atoms with van der Waals surface area (Å²) in [4.78, 5) is 0. The Labute approximate surface area is 125 Å². The fraction of sp³-hybridized carbons (Fsp3) is 0.438. The molecule has 1 aromatic heterocycles. The molecule has 5 heteroatoms. The zero-order valence-corrected chi connectivity index (χ0v) is 13.1. The Bertz CT molecular complexity index is 620. The summed E-state index contributed by atoms with van der Waals surface area (Å²) in [5.74, 6) is 0.747. The van der Waals surface area contributed by atoms with Crippen LogP contribution < -0.4 is 10.1 Å². The van der Waals surface area contributed by atoms with Gasteiger partial charge in [-0.15, -0.1) is 0 Å². The highest BCUT2D eigenvalue weighted by molar-refractivity contribution is 5.45. The van der Waals surface area contributed by atoms with Gasteiger partial charge in [-0.25, -0.2) is 0 Å². The Hall–Kier alpha value is -2.01. The van der Waals surface area contributed by atoms with Crippen LogP contribution in [0.2, 0.25) is 0 Å². The molecule has 0 aliphatic rings. The second kappa shape index (κ2) is 6.63. The molecule has 0 saturated carbocycles. The van der Waals surface area contributed by atoms with E-state index in [9.17, 15) is 5.11 Å². The molecule has 0 bridgehead atoms. The number of phenols is 1. The molecule has 2 N–H and O–H groups in total. The van der Waals surface area contributed by atoms with Crippen LogP contribution in [-0.2, 0) is 20.1 Å². The van der Waals surface area contributed by atoms with E-state index in [1.807, 2.05) is 37.7 Å². The quantitative estimate of drug-likeness (QED) is 0.857. The lowest BCUT2D eigenvalue weighted by Crippen LogP contribution is -2.14. The average molecular weight is 289 g/mol. The van der Waals surface area contributed by atoms with Crippen LogP contribution in [0.1, 0.15) is 29.4 Å². The highest BCUT2D eigenvalue weighted by Gasteiger charge is 2.10. The molecular formula is C16H23N3O2.